The number of aryl methyl sites for hydroxylation is 1. The summed E-state index contributed by atoms with van der Waals surface area (Å²) in [5.41, 5.74) is 0.770. The van der Waals surface area contributed by atoms with Gasteiger partial charge in [0.25, 0.3) is 0 Å². The summed E-state index contributed by atoms with van der Waals surface area (Å²) in [4.78, 5) is 38.5. The number of nitrogens with zero attached hydrogens (tertiary/aromatic N) is 1. The Balaban J connectivity index is 2.09. The van der Waals surface area contributed by atoms with E-state index in [0.29, 0.717) is 0 Å². The van der Waals surface area contributed by atoms with Crippen LogP contribution in [0.15, 0.2) is 24.3 Å². The maximum absolute atomic E-state index is 12.6. The number of amides is 2. The summed E-state index contributed by atoms with van der Waals surface area (Å²) in [7, 11) is 2.75. The number of ether oxygens (including phenoxy) is 1. The first-order chi connectivity index (χ1) is 10.8. The van der Waals surface area contributed by atoms with Gasteiger partial charge in [-0.1, -0.05) is 29.8 Å². The van der Waals surface area contributed by atoms with Gasteiger partial charge in [0.1, 0.15) is 5.54 Å². The zero-order chi connectivity index (χ0) is 16.9. The summed E-state index contributed by atoms with van der Waals surface area (Å²) < 4.78 is 4.88. The molecule has 1 aromatic carbocycles. The topological polar surface area (TPSA) is 75.7 Å². The Morgan fingerprint density at radius 3 is 2.39 bits per heavy atom. The molecule has 4 atom stereocenters. The van der Waals surface area contributed by atoms with Gasteiger partial charge < -0.3 is 4.74 Å². The van der Waals surface area contributed by atoms with Crippen molar-refractivity contribution in [3.63, 3.8) is 0 Å². The first-order valence-electron chi connectivity index (χ1n) is 7.55. The molecule has 2 aliphatic heterocycles. The molecule has 6 nitrogen and oxygen atoms in total. The van der Waals surface area contributed by atoms with E-state index in [-0.39, 0.29) is 11.8 Å². The molecular formula is C17H20N2O4. The van der Waals surface area contributed by atoms with Gasteiger partial charge in [0.2, 0.25) is 11.8 Å². The van der Waals surface area contributed by atoms with Crippen molar-refractivity contribution in [2.75, 3.05) is 14.2 Å². The van der Waals surface area contributed by atoms with Gasteiger partial charge in [0.15, 0.2) is 0 Å². The number of nitrogens with one attached hydrogen (secondary N) is 1. The van der Waals surface area contributed by atoms with Crippen molar-refractivity contribution in [2.24, 2.45) is 11.8 Å². The molecule has 1 N–H and O–H groups in total. The third kappa shape index (κ3) is 2.09. The highest BCUT2D eigenvalue weighted by Crippen LogP contribution is 2.48. The Morgan fingerprint density at radius 1 is 1.22 bits per heavy atom. The van der Waals surface area contributed by atoms with E-state index in [2.05, 4.69) is 5.32 Å². The summed E-state index contributed by atoms with van der Waals surface area (Å²) in [6.07, 6.45) is 0. The van der Waals surface area contributed by atoms with Crippen molar-refractivity contribution in [3.8, 4) is 0 Å². The predicted octanol–water partition coefficient (Wildman–Crippen LogP) is 0.802. The summed E-state index contributed by atoms with van der Waals surface area (Å²) in [5, 5.41) is 3.19. The minimum absolute atomic E-state index is 0.259. The number of benzene rings is 1. The van der Waals surface area contributed by atoms with E-state index < -0.39 is 29.4 Å². The largest absolute Gasteiger partial charge is 0.468 e. The SMILES string of the molecule is COC(=O)[C@]1(C)N[C@H](c2ccc(C)cc2)[C@@H]2C(=O)N(C)C(=O)[C@@H]21. The summed E-state index contributed by atoms with van der Waals surface area (Å²) >= 11 is 0. The zero-order valence-corrected chi connectivity index (χ0v) is 13.6. The third-order valence-corrected chi connectivity index (χ3v) is 5.05. The predicted molar refractivity (Wildman–Crippen MR) is 82.2 cm³/mol. The van der Waals surface area contributed by atoms with Crippen LogP contribution in [0.25, 0.3) is 0 Å². The Labute approximate surface area is 134 Å². The Morgan fingerprint density at radius 2 is 1.83 bits per heavy atom. The molecule has 0 aromatic heterocycles. The van der Waals surface area contributed by atoms with E-state index >= 15 is 0 Å². The summed E-state index contributed by atoms with van der Waals surface area (Å²) in [6, 6.07) is 7.34. The van der Waals surface area contributed by atoms with Gasteiger partial charge in [-0.3, -0.25) is 24.6 Å². The van der Waals surface area contributed by atoms with Crippen molar-refractivity contribution in [1.29, 1.82) is 0 Å². The van der Waals surface area contributed by atoms with Crippen molar-refractivity contribution in [3.05, 3.63) is 35.4 Å². The van der Waals surface area contributed by atoms with Crippen LogP contribution in [0.3, 0.4) is 0 Å². The van der Waals surface area contributed by atoms with Crippen LogP contribution < -0.4 is 5.32 Å². The molecule has 2 amide bonds. The van der Waals surface area contributed by atoms with E-state index in [1.54, 1.807) is 6.92 Å². The molecule has 0 spiro atoms. The lowest BCUT2D eigenvalue weighted by Gasteiger charge is -2.27. The van der Waals surface area contributed by atoms with Crippen LogP contribution in [0.2, 0.25) is 0 Å². The lowest BCUT2D eigenvalue weighted by Crippen LogP contribution is -2.53. The highest BCUT2D eigenvalue weighted by atomic mass is 16.5. The molecule has 1 aromatic rings. The van der Waals surface area contributed by atoms with Crippen LogP contribution in [-0.4, -0.2) is 42.4 Å². The molecule has 2 aliphatic rings. The smallest absolute Gasteiger partial charge is 0.326 e. The second-order valence-corrected chi connectivity index (χ2v) is 6.47. The molecule has 2 heterocycles. The number of hydrogen-bond acceptors (Lipinski definition) is 5. The van der Waals surface area contributed by atoms with Gasteiger partial charge in [-0.25, -0.2) is 0 Å². The second kappa shape index (κ2) is 5.16. The van der Waals surface area contributed by atoms with Gasteiger partial charge in [0.05, 0.1) is 18.9 Å². The highest BCUT2D eigenvalue weighted by Gasteiger charge is 2.66. The second-order valence-electron chi connectivity index (χ2n) is 6.47. The van der Waals surface area contributed by atoms with Crippen LogP contribution in [-0.2, 0) is 19.1 Å². The minimum Gasteiger partial charge on any atom is -0.468 e. The summed E-state index contributed by atoms with van der Waals surface area (Å²) in [5.74, 6) is -2.47. The number of esters is 1. The van der Waals surface area contributed by atoms with Gasteiger partial charge in [-0.2, -0.15) is 0 Å². The number of methoxy groups -OCH3 is 1. The molecule has 122 valence electrons. The number of fused-ring (bicyclic) bond motifs is 1. The molecular weight excluding hydrogens is 296 g/mol. The van der Waals surface area contributed by atoms with Gasteiger partial charge in [-0.05, 0) is 19.4 Å². The van der Waals surface area contributed by atoms with Crippen LogP contribution in [0.1, 0.15) is 24.1 Å². The van der Waals surface area contributed by atoms with E-state index in [1.165, 1.54) is 14.2 Å². The van der Waals surface area contributed by atoms with Gasteiger partial charge in [-0.15, -0.1) is 0 Å². The fraction of sp³-hybridized carbons (Fsp3) is 0.471. The fourth-order valence-electron chi connectivity index (χ4n) is 3.74. The molecule has 2 saturated heterocycles. The molecule has 0 bridgehead atoms. The van der Waals surface area contributed by atoms with Crippen LogP contribution in [0.4, 0.5) is 0 Å². The molecule has 0 aliphatic carbocycles. The average Bonchev–Trinajstić information content (AvgIpc) is 2.97. The molecule has 0 saturated carbocycles. The number of carbonyl (C=O) groups is 3. The number of rotatable bonds is 2. The maximum Gasteiger partial charge on any atom is 0.326 e. The molecule has 0 unspecified atom stereocenters. The fourth-order valence-corrected chi connectivity index (χ4v) is 3.74. The van der Waals surface area contributed by atoms with Crippen molar-refractivity contribution >= 4 is 17.8 Å². The first-order valence-corrected chi connectivity index (χ1v) is 7.55. The number of hydrogen-bond donors (Lipinski definition) is 1. The molecule has 2 fully saturated rings. The number of likely N-dealkylation sites (tertiary alicyclic amines) is 1. The summed E-state index contributed by atoms with van der Waals surface area (Å²) in [6.45, 7) is 3.61. The normalized spacial score (nSPS) is 33.0. The van der Waals surface area contributed by atoms with E-state index in [1.807, 2.05) is 31.2 Å². The lowest BCUT2D eigenvalue weighted by atomic mass is 9.80. The third-order valence-electron chi connectivity index (χ3n) is 5.05. The zero-order valence-electron chi connectivity index (χ0n) is 13.6. The van der Waals surface area contributed by atoms with Crippen LogP contribution in [0.5, 0.6) is 0 Å². The molecule has 6 heteroatoms. The quantitative estimate of drug-likeness (QED) is 0.645. The highest BCUT2D eigenvalue weighted by molar-refractivity contribution is 6.09. The Kier molecular flexibility index (Phi) is 3.52. The van der Waals surface area contributed by atoms with Crippen molar-refractivity contribution < 1.29 is 19.1 Å². The molecule has 23 heavy (non-hydrogen) atoms. The van der Waals surface area contributed by atoms with E-state index in [9.17, 15) is 14.4 Å². The van der Waals surface area contributed by atoms with Crippen molar-refractivity contribution in [2.45, 2.75) is 25.4 Å². The first kappa shape index (κ1) is 15.7. The number of imide groups is 1. The monoisotopic (exact) mass is 316 g/mol. The minimum atomic E-state index is -1.22. The standard InChI is InChI=1S/C17H20N2O4/c1-9-5-7-10(8-6-9)13-11-12(15(21)19(3)14(11)20)17(2,18-13)16(22)23-4/h5-8,11-13,18H,1-4H3/t11-,12-,13-,17-/m1/s1. The van der Waals surface area contributed by atoms with Gasteiger partial charge in [0, 0.05) is 13.1 Å². The number of carbonyl (C=O) groups excluding carboxylic acids is 3. The van der Waals surface area contributed by atoms with E-state index in [0.717, 1.165) is 16.0 Å². The molecule has 3 rings (SSSR count). The maximum atomic E-state index is 12.6. The Hall–Kier alpha value is -2.21. The van der Waals surface area contributed by atoms with Crippen LogP contribution >= 0.6 is 0 Å². The molecule has 0 radical (unpaired) electrons. The van der Waals surface area contributed by atoms with E-state index in [4.69, 9.17) is 4.74 Å². The Bertz CT molecular complexity index is 684. The van der Waals surface area contributed by atoms with Crippen LogP contribution in [0, 0.1) is 18.8 Å². The van der Waals surface area contributed by atoms with Gasteiger partial charge >= 0.3 is 5.97 Å². The van der Waals surface area contributed by atoms with Crippen molar-refractivity contribution in [1.82, 2.24) is 10.2 Å². The lowest BCUT2D eigenvalue weighted by molar-refractivity contribution is -0.152. The average molecular weight is 316 g/mol.